The standard InChI is InChI=1S/C2H2NOPS/c3-1-2-5(4)6/h2H,(H,4,6). The van der Waals surface area contributed by atoms with Crippen LogP contribution >= 0.6 is 6.55 Å². The molecule has 0 aromatic heterocycles. The molecule has 32 valence electrons. The molecule has 0 heterocycles. The topological polar surface area (TPSA) is 44.0 Å². The van der Waals surface area contributed by atoms with E-state index in [0.29, 0.717) is 0 Å². The van der Waals surface area contributed by atoms with Gasteiger partial charge in [0.2, 0.25) is 0 Å². The van der Waals surface area contributed by atoms with Crippen LogP contribution in [0.1, 0.15) is 0 Å². The predicted octanol–water partition coefficient (Wildman–Crippen LogP) is 0.163. The average Bonchev–Trinajstić information content (AvgIpc) is 1.35. The molecular formula is C2H2NOPS. The van der Waals surface area contributed by atoms with Gasteiger partial charge in [-0.3, -0.25) is 0 Å². The highest BCUT2D eigenvalue weighted by Crippen LogP contribution is 1.90. The lowest BCUT2D eigenvalue weighted by Crippen LogP contribution is -1.49. The van der Waals surface area contributed by atoms with Crippen LogP contribution in [0, 0.1) is 11.3 Å². The Hall–Kier alpha value is -0.160. The van der Waals surface area contributed by atoms with Gasteiger partial charge in [0.05, 0.1) is 18.4 Å². The Labute approximate surface area is 41.2 Å². The highest BCUT2D eigenvalue weighted by atomic mass is 32.4. The average molecular weight is 119 g/mol. The molecule has 1 atom stereocenters. The van der Waals surface area contributed by atoms with Crippen molar-refractivity contribution in [2.45, 2.75) is 0 Å². The second kappa shape index (κ2) is 3.05. The van der Waals surface area contributed by atoms with Crippen molar-refractivity contribution in [3.8, 4) is 6.07 Å². The molecule has 0 aromatic rings. The Kier molecular flexibility index (Phi) is 2.97. The van der Waals surface area contributed by atoms with Crippen molar-refractivity contribution in [3.05, 3.63) is 0 Å². The van der Waals surface area contributed by atoms with Gasteiger partial charge < -0.3 is 4.89 Å². The lowest BCUT2D eigenvalue weighted by molar-refractivity contribution is 0.659. The van der Waals surface area contributed by atoms with E-state index in [1.165, 1.54) is 0 Å². The van der Waals surface area contributed by atoms with Gasteiger partial charge in [-0.05, 0) is 11.8 Å². The minimum atomic E-state index is -1.50. The molecule has 6 heavy (non-hydrogen) atoms. The molecule has 0 spiro atoms. The molecule has 0 fully saturated rings. The van der Waals surface area contributed by atoms with Crippen LogP contribution in [0.2, 0.25) is 0 Å². The second-order valence-electron chi connectivity index (χ2n) is 0.561. The maximum atomic E-state index is 8.15. The summed E-state index contributed by atoms with van der Waals surface area (Å²) < 4.78 is 0. The maximum Gasteiger partial charge on any atom is 0.0986 e. The van der Waals surface area contributed by atoms with E-state index in [4.69, 9.17) is 10.2 Å². The molecule has 0 rings (SSSR count). The van der Waals surface area contributed by atoms with E-state index in [0.717, 1.165) is 5.80 Å². The van der Waals surface area contributed by atoms with Gasteiger partial charge >= 0.3 is 0 Å². The Morgan fingerprint density at radius 1 is 2.00 bits per heavy atom. The zero-order valence-corrected chi connectivity index (χ0v) is 4.54. The monoisotopic (exact) mass is 119 g/mol. The van der Waals surface area contributed by atoms with Crippen LogP contribution in [-0.2, 0) is 11.8 Å². The van der Waals surface area contributed by atoms with E-state index < -0.39 is 6.55 Å². The Balaban J connectivity index is 3.87. The molecule has 2 nitrogen and oxygen atoms in total. The van der Waals surface area contributed by atoms with E-state index in [1.807, 2.05) is 0 Å². The minimum absolute atomic E-state index is 1.03. The SMILES string of the molecule is N#C/C=P(\O)=S. The third-order valence-corrected chi connectivity index (χ3v) is 0.821. The first-order chi connectivity index (χ1) is 2.77. The smallest absolute Gasteiger partial charge is 0.0986 e. The Morgan fingerprint density at radius 2 is 2.50 bits per heavy atom. The van der Waals surface area contributed by atoms with Crippen LogP contribution in [0.4, 0.5) is 0 Å². The molecule has 0 saturated carbocycles. The van der Waals surface area contributed by atoms with Crippen LogP contribution < -0.4 is 0 Å². The summed E-state index contributed by atoms with van der Waals surface area (Å²) in [4.78, 5) is 8.15. The molecular weight excluding hydrogens is 117 g/mol. The highest BCUT2D eigenvalue weighted by Gasteiger charge is 1.59. The fraction of sp³-hybridized carbons (Fsp3) is 0. The van der Waals surface area contributed by atoms with Crippen molar-refractivity contribution in [1.82, 2.24) is 0 Å². The highest BCUT2D eigenvalue weighted by molar-refractivity contribution is 8.01. The molecule has 0 aliphatic carbocycles. The molecule has 1 N–H and O–H groups in total. The van der Waals surface area contributed by atoms with Gasteiger partial charge in [-0.25, -0.2) is 0 Å². The van der Waals surface area contributed by atoms with Gasteiger partial charge in [-0.1, -0.05) is 0 Å². The summed E-state index contributed by atoms with van der Waals surface area (Å²) in [6, 6.07) is 1.62. The summed E-state index contributed by atoms with van der Waals surface area (Å²) in [5.41, 5.74) is 0. The van der Waals surface area contributed by atoms with Crippen LogP contribution in [-0.4, -0.2) is 10.7 Å². The molecule has 0 saturated heterocycles. The lowest BCUT2D eigenvalue weighted by atomic mass is 10.9. The lowest BCUT2D eigenvalue weighted by Gasteiger charge is -1.57. The third kappa shape index (κ3) is 3.84. The van der Waals surface area contributed by atoms with E-state index in [2.05, 4.69) is 11.8 Å². The maximum absolute atomic E-state index is 8.15. The van der Waals surface area contributed by atoms with Crippen molar-refractivity contribution < 1.29 is 4.89 Å². The van der Waals surface area contributed by atoms with E-state index in [1.54, 1.807) is 6.07 Å². The molecule has 0 aromatic carbocycles. The summed E-state index contributed by atoms with van der Waals surface area (Å²) in [6.45, 7) is -1.50. The molecule has 0 aliphatic rings. The second-order valence-corrected chi connectivity index (χ2v) is 2.55. The van der Waals surface area contributed by atoms with Crippen LogP contribution in [0.15, 0.2) is 0 Å². The van der Waals surface area contributed by atoms with Crippen LogP contribution in [0.25, 0.3) is 0 Å². The van der Waals surface area contributed by atoms with Crippen LogP contribution in [0.3, 0.4) is 0 Å². The Bertz CT molecular complexity index is 140. The van der Waals surface area contributed by atoms with Gasteiger partial charge in [-0.15, -0.1) is 0 Å². The van der Waals surface area contributed by atoms with E-state index >= 15 is 0 Å². The predicted molar refractivity (Wildman–Crippen MR) is 28.2 cm³/mol. The Morgan fingerprint density at radius 3 is 2.50 bits per heavy atom. The first kappa shape index (κ1) is 5.84. The van der Waals surface area contributed by atoms with Gasteiger partial charge in [0.15, 0.2) is 0 Å². The third-order valence-electron chi connectivity index (χ3n) is 0.168. The largest absolute Gasteiger partial charge is 0.337 e. The van der Waals surface area contributed by atoms with Crippen molar-refractivity contribution in [1.29, 1.82) is 5.26 Å². The number of hydrogen-bond donors (Lipinski definition) is 1. The first-order valence-corrected chi connectivity index (χ1v) is 3.53. The van der Waals surface area contributed by atoms with Crippen LogP contribution in [0.5, 0.6) is 0 Å². The zero-order chi connectivity index (χ0) is 4.99. The summed E-state index contributed by atoms with van der Waals surface area (Å²) in [5.74, 6) is 1.03. The van der Waals surface area contributed by atoms with Crippen molar-refractivity contribution in [3.63, 3.8) is 0 Å². The number of hydrogen-bond acceptors (Lipinski definition) is 2. The van der Waals surface area contributed by atoms with Crippen molar-refractivity contribution >= 4 is 24.2 Å². The van der Waals surface area contributed by atoms with E-state index in [-0.39, 0.29) is 0 Å². The first-order valence-electron chi connectivity index (χ1n) is 1.15. The number of rotatable bonds is 0. The van der Waals surface area contributed by atoms with Gasteiger partial charge in [0, 0.05) is 0 Å². The fourth-order valence-corrected chi connectivity index (χ4v) is 0.290. The summed E-state index contributed by atoms with van der Waals surface area (Å²) in [7, 11) is 0. The molecule has 0 bridgehead atoms. The summed E-state index contributed by atoms with van der Waals surface area (Å²) in [6.07, 6.45) is 0. The molecule has 4 heteroatoms. The number of nitrogens with zero attached hydrogens (tertiary/aromatic N) is 1. The van der Waals surface area contributed by atoms with Crippen molar-refractivity contribution in [2.75, 3.05) is 0 Å². The fourth-order valence-electron chi connectivity index (χ4n) is 0.0494. The molecule has 0 amide bonds. The molecule has 0 aliphatic heterocycles. The van der Waals surface area contributed by atoms with E-state index in [9.17, 15) is 0 Å². The van der Waals surface area contributed by atoms with Gasteiger partial charge in [0.1, 0.15) is 0 Å². The molecule has 1 unspecified atom stereocenters. The number of nitriles is 1. The van der Waals surface area contributed by atoms with Gasteiger partial charge in [0.25, 0.3) is 0 Å². The summed E-state index contributed by atoms with van der Waals surface area (Å²) >= 11 is 4.22. The minimum Gasteiger partial charge on any atom is -0.337 e. The normalized spacial score (nSPS) is 10.3. The van der Waals surface area contributed by atoms with Gasteiger partial charge in [-0.2, -0.15) is 5.26 Å². The quantitative estimate of drug-likeness (QED) is 0.462. The molecule has 0 radical (unpaired) electrons. The van der Waals surface area contributed by atoms with Crippen molar-refractivity contribution in [2.24, 2.45) is 0 Å². The zero-order valence-electron chi connectivity index (χ0n) is 2.83. The summed E-state index contributed by atoms with van der Waals surface area (Å²) in [5, 5.41) is 7.72.